The number of aromatic nitrogens is 6. The third-order valence-corrected chi connectivity index (χ3v) is 4.40. The summed E-state index contributed by atoms with van der Waals surface area (Å²) in [6.45, 7) is 6.14. The Morgan fingerprint density at radius 1 is 1.12 bits per heavy atom. The quantitative estimate of drug-likeness (QED) is 0.665. The van der Waals surface area contributed by atoms with E-state index < -0.39 is 6.43 Å². The van der Waals surface area contributed by atoms with Gasteiger partial charge in [-0.25, -0.2) is 8.78 Å². The van der Waals surface area contributed by atoms with Gasteiger partial charge in [-0.05, 0) is 26.8 Å². The van der Waals surface area contributed by atoms with Crippen molar-refractivity contribution >= 4 is 11.6 Å². The van der Waals surface area contributed by atoms with Gasteiger partial charge < -0.3 is 4.42 Å². The first kappa shape index (κ1) is 17.5. The molecule has 0 amide bonds. The molecule has 0 spiro atoms. The summed E-state index contributed by atoms with van der Waals surface area (Å²) in [5.41, 5.74) is 1.99. The van der Waals surface area contributed by atoms with Gasteiger partial charge in [-0.1, -0.05) is 11.6 Å². The highest BCUT2D eigenvalue weighted by Gasteiger charge is 2.16. The van der Waals surface area contributed by atoms with Crippen molar-refractivity contribution in [2.75, 3.05) is 0 Å². The van der Waals surface area contributed by atoms with Crippen LogP contribution in [0.25, 0.3) is 0 Å². The van der Waals surface area contributed by atoms with Crippen molar-refractivity contribution in [3.8, 4) is 0 Å². The molecule has 0 N–H and O–H groups in total. The van der Waals surface area contributed by atoms with E-state index in [1.165, 1.54) is 10.7 Å². The topological polar surface area (TPSA) is 74.6 Å². The number of nitrogens with zero attached hydrogens (tertiary/aromatic N) is 6. The van der Waals surface area contributed by atoms with E-state index in [1.54, 1.807) is 11.6 Å². The monoisotopic (exact) mass is 370 g/mol. The lowest BCUT2D eigenvalue weighted by Crippen LogP contribution is -2.05. The van der Waals surface area contributed by atoms with Crippen LogP contribution in [0.5, 0.6) is 0 Å². The van der Waals surface area contributed by atoms with Crippen LogP contribution in [0.15, 0.2) is 10.5 Å². The van der Waals surface area contributed by atoms with Crippen LogP contribution in [0, 0.1) is 20.8 Å². The van der Waals surface area contributed by atoms with E-state index in [-0.39, 0.29) is 12.2 Å². The summed E-state index contributed by atoms with van der Waals surface area (Å²) in [4.78, 5) is 0. The molecule has 0 aliphatic rings. The van der Waals surface area contributed by atoms with Crippen LogP contribution >= 0.6 is 11.6 Å². The zero-order chi connectivity index (χ0) is 18.1. The Morgan fingerprint density at radius 3 is 2.44 bits per heavy atom. The van der Waals surface area contributed by atoms with Gasteiger partial charge >= 0.3 is 0 Å². The molecule has 0 bridgehead atoms. The predicted molar refractivity (Wildman–Crippen MR) is 85.7 cm³/mol. The summed E-state index contributed by atoms with van der Waals surface area (Å²) in [7, 11) is 0. The van der Waals surface area contributed by atoms with Crippen molar-refractivity contribution in [3.05, 3.63) is 45.6 Å². The van der Waals surface area contributed by atoms with Crippen molar-refractivity contribution in [3.63, 3.8) is 0 Å². The average molecular weight is 371 g/mol. The van der Waals surface area contributed by atoms with Gasteiger partial charge in [0.05, 0.1) is 16.4 Å². The second-order valence-corrected chi connectivity index (χ2v) is 6.09. The molecular weight excluding hydrogens is 354 g/mol. The maximum Gasteiger partial charge on any atom is 0.282 e. The van der Waals surface area contributed by atoms with Crippen molar-refractivity contribution in [1.82, 2.24) is 29.8 Å². The lowest BCUT2D eigenvalue weighted by molar-refractivity contribution is 0.145. The van der Waals surface area contributed by atoms with Crippen LogP contribution in [-0.2, 0) is 19.5 Å². The lowest BCUT2D eigenvalue weighted by atomic mass is 10.4. The number of alkyl halides is 2. The molecule has 3 aromatic heterocycles. The van der Waals surface area contributed by atoms with Crippen LogP contribution in [-0.4, -0.2) is 29.8 Å². The van der Waals surface area contributed by atoms with E-state index in [4.69, 9.17) is 16.0 Å². The molecule has 0 aliphatic carbocycles. The molecule has 10 heteroatoms. The number of rotatable bonds is 6. The first-order valence-electron chi connectivity index (χ1n) is 7.68. The first-order chi connectivity index (χ1) is 11.8. The van der Waals surface area contributed by atoms with Gasteiger partial charge in [0.15, 0.2) is 0 Å². The average Bonchev–Trinajstić information content (AvgIpc) is 3.22. The molecule has 3 rings (SSSR count). The third kappa shape index (κ3) is 3.71. The summed E-state index contributed by atoms with van der Waals surface area (Å²) in [6, 6.07) is 1.34. The Balaban J connectivity index is 1.65. The third-order valence-electron chi connectivity index (χ3n) is 3.85. The van der Waals surface area contributed by atoms with E-state index >= 15 is 0 Å². The summed E-state index contributed by atoms with van der Waals surface area (Å²) in [5, 5.41) is 16.8. The molecule has 0 aromatic carbocycles. The summed E-state index contributed by atoms with van der Waals surface area (Å²) < 4.78 is 34.1. The Bertz CT molecular complexity index is 885. The van der Waals surface area contributed by atoms with E-state index in [0.717, 1.165) is 11.4 Å². The standard InChI is InChI=1S/C15H17ClF2N6O/c1-8-6-11(15(17)18)22-24(8)7-13-20-19-12(25-13)4-5-23-10(3)14(16)9(2)21-23/h6,15H,4-5,7H2,1-3H3. The van der Waals surface area contributed by atoms with Crippen LogP contribution in [0.1, 0.15) is 41.0 Å². The number of halogens is 3. The second kappa shape index (κ2) is 6.91. The van der Waals surface area contributed by atoms with Gasteiger partial charge in [0.1, 0.15) is 12.2 Å². The normalized spacial score (nSPS) is 11.6. The van der Waals surface area contributed by atoms with Gasteiger partial charge in [0.25, 0.3) is 6.43 Å². The maximum absolute atomic E-state index is 12.7. The highest BCUT2D eigenvalue weighted by atomic mass is 35.5. The minimum Gasteiger partial charge on any atom is -0.423 e. The Labute approximate surface area is 147 Å². The Hall–Kier alpha value is -2.29. The van der Waals surface area contributed by atoms with Crippen molar-refractivity contribution in [2.24, 2.45) is 0 Å². The largest absolute Gasteiger partial charge is 0.423 e. The zero-order valence-electron chi connectivity index (χ0n) is 14.0. The molecule has 0 radical (unpaired) electrons. The number of hydrogen-bond donors (Lipinski definition) is 0. The fraction of sp³-hybridized carbons (Fsp3) is 0.467. The molecular formula is C15H17ClF2N6O. The molecule has 25 heavy (non-hydrogen) atoms. The molecule has 0 atom stereocenters. The van der Waals surface area contributed by atoms with E-state index in [9.17, 15) is 8.78 Å². The predicted octanol–water partition coefficient (Wildman–Crippen LogP) is 3.27. The Morgan fingerprint density at radius 2 is 1.84 bits per heavy atom. The molecule has 7 nitrogen and oxygen atoms in total. The summed E-state index contributed by atoms with van der Waals surface area (Å²) in [5.74, 6) is 0.756. The molecule has 3 aromatic rings. The molecule has 0 saturated heterocycles. The van der Waals surface area contributed by atoms with E-state index in [1.807, 2.05) is 13.8 Å². The fourth-order valence-electron chi connectivity index (χ4n) is 2.48. The van der Waals surface area contributed by atoms with Gasteiger partial charge in [0, 0.05) is 18.7 Å². The summed E-state index contributed by atoms with van der Waals surface area (Å²) in [6.07, 6.45) is -2.11. The molecule has 0 fully saturated rings. The van der Waals surface area contributed by atoms with Crippen molar-refractivity contribution < 1.29 is 13.2 Å². The molecule has 134 valence electrons. The smallest absolute Gasteiger partial charge is 0.282 e. The van der Waals surface area contributed by atoms with Crippen LogP contribution in [0.2, 0.25) is 5.02 Å². The van der Waals surface area contributed by atoms with E-state index in [2.05, 4.69) is 20.4 Å². The highest BCUT2D eigenvalue weighted by Crippen LogP contribution is 2.20. The van der Waals surface area contributed by atoms with Crippen LogP contribution in [0.4, 0.5) is 8.78 Å². The van der Waals surface area contributed by atoms with Gasteiger partial charge in [-0.3, -0.25) is 9.36 Å². The number of aryl methyl sites for hydroxylation is 4. The minimum absolute atomic E-state index is 0.150. The van der Waals surface area contributed by atoms with Gasteiger partial charge in [0.2, 0.25) is 11.8 Å². The van der Waals surface area contributed by atoms with Crippen LogP contribution < -0.4 is 0 Å². The zero-order valence-corrected chi connectivity index (χ0v) is 14.8. The van der Waals surface area contributed by atoms with Gasteiger partial charge in [-0.2, -0.15) is 10.2 Å². The highest BCUT2D eigenvalue weighted by molar-refractivity contribution is 6.31. The van der Waals surface area contributed by atoms with E-state index in [0.29, 0.717) is 35.5 Å². The van der Waals surface area contributed by atoms with Crippen molar-refractivity contribution in [1.29, 1.82) is 0 Å². The second-order valence-electron chi connectivity index (χ2n) is 5.72. The lowest BCUT2D eigenvalue weighted by Gasteiger charge is -2.01. The molecule has 0 unspecified atom stereocenters. The first-order valence-corrected chi connectivity index (χ1v) is 8.06. The van der Waals surface area contributed by atoms with Crippen molar-refractivity contribution in [2.45, 2.75) is 46.7 Å². The number of hydrogen-bond acceptors (Lipinski definition) is 5. The SMILES string of the molecule is Cc1nn(CCc2nnc(Cn3nc(C(F)F)cc3C)o2)c(C)c1Cl. The van der Waals surface area contributed by atoms with Crippen LogP contribution in [0.3, 0.4) is 0 Å². The molecule has 0 saturated carbocycles. The maximum atomic E-state index is 12.7. The minimum atomic E-state index is -2.61. The van der Waals surface area contributed by atoms with Gasteiger partial charge in [-0.15, -0.1) is 10.2 Å². The Kier molecular flexibility index (Phi) is 4.85. The molecule has 0 aliphatic heterocycles. The fourth-order valence-corrected chi connectivity index (χ4v) is 2.61. The summed E-state index contributed by atoms with van der Waals surface area (Å²) >= 11 is 6.12. The molecule has 3 heterocycles.